The molecule has 128 valence electrons. The van der Waals surface area contributed by atoms with E-state index < -0.39 is 12.6 Å². The second-order valence-corrected chi connectivity index (χ2v) is 6.57. The minimum absolute atomic E-state index is 0.0342. The highest BCUT2D eigenvalue weighted by atomic mass is 32.1. The summed E-state index contributed by atoms with van der Waals surface area (Å²) in [6.45, 7) is 0.0342. The van der Waals surface area contributed by atoms with E-state index in [9.17, 15) is 23.2 Å². The van der Waals surface area contributed by atoms with Gasteiger partial charge in [0.15, 0.2) is 0 Å². The molecule has 0 radical (unpaired) electrons. The third-order valence-corrected chi connectivity index (χ3v) is 4.81. The molecule has 0 spiro atoms. The number of hydrogen-bond donors (Lipinski definition) is 0. The zero-order valence-electron chi connectivity index (χ0n) is 13.0. The number of aromatic nitrogens is 1. The van der Waals surface area contributed by atoms with E-state index in [1.165, 1.54) is 4.57 Å². The van der Waals surface area contributed by atoms with Gasteiger partial charge < -0.3 is 0 Å². The molecule has 0 bridgehead atoms. The highest BCUT2D eigenvalue weighted by Gasteiger charge is 2.26. The highest BCUT2D eigenvalue weighted by Crippen LogP contribution is 2.29. The van der Waals surface area contributed by atoms with Gasteiger partial charge in [-0.25, -0.2) is 0 Å². The largest absolute Gasteiger partial charge is 0.389 e. The smallest absolute Gasteiger partial charge is 0.299 e. The maximum absolute atomic E-state index is 12.3. The summed E-state index contributed by atoms with van der Waals surface area (Å²) in [6, 6.07) is 14.6. The molecule has 0 aliphatic heterocycles. The van der Waals surface area contributed by atoms with Crippen molar-refractivity contribution in [1.82, 2.24) is 4.57 Å². The first-order chi connectivity index (χ1) is 11.9. The van der Waals surface area contributed by atoms with Gasteiger partial charge in [0, 0.05) is 13.0 Å². The van der Waals surface area contributed by atoms with Crippen molar-refractivity contribution < 1.29 is 13.2 Å². The maximum atomic E-state index is 12.3. The molecular weight excluding hydrogens is 349 g/mol. The standard InChI is InChI=1S/C18H13F3N2OS/c19-18(20,21)8-3-9-23-15-7-6-12(10-16(15)25-17(23)24)14-5-2-1-4-13(14)11-22/h1-2,4-7,10H,3,8-9H2. The molecule has 1 heterocycles. The van der Waals surface area contributed by atoms with E-state index in [4.69, 9.17) is 0 Å². The number of nitriles is 1. The van der Waals surface area contributed by atoms with Crippen molar-refractivity contribution in [2.75, 3.05) is 0 Å². The van der Waals surface area contributed by atoms with Gasteiger partial charge in [-0.3, -0.25) is 9.36 Å². The molecule has 0 amide bonds. The van der Waals surface area contributed by atoms with Gasteiger partial charge in [0.1, 0.15) is 0 Å². The van der Waals surface area contributed by atoms with Crippen molar-refractivity contribution in [1.29, 1.82) is 5.26 Å². The van der Waals surface area contributed by atoms with Crippen LogP contribution in [0.2, 0.25) is 0 Å². The van der Waals surface area contributed by atoms with E-state index in [0.29, 0.717) is 15.8 Å². The quantitative estimate of drug-likeness (QED) is 0.660. The fraction of sp³-hybridized carbons (Fsp3) is 0.222. The molecule has 1 aromatic heterocycles. The summed E-state index contributed by atoms with van der Waals surface area (Å²) in [4.78, 5) is 11.8. The van der Waals surface area contributed by atoms with Crippen LogP contribution in [0.25, 0.3) is 21.3 Å². The molecule has 0 fully saturated rings. The van der Waals surface area contributed by atoms with Crippen molar-refractivity contribution >= 4 is 21.6 Å². The summed E-state index contributed by atoms with van der Waals surface area (Å²) in [6.07, 6.45) is -5.26. The van der Waals surface area contributed by atoms with Crippen LogP contribution in [-0.4, -0.2) is 10.7 Å². The summed E-state index contributed by atoms with van der Waals surface area (Å²) < 4.78 is 39.0. The van der Waals surface area contributed by atoms with Crippen molar-refractivity contribution in [3.05, 3.63) is 57.7 Å². The van der Waals surface area contributed by atoms with Crippen LogP contribution in [0.3, 0.4) is 0 Å². The van der Waals surface area contributed by atoms with E-state index in [0.717, 1.165) is 22.5 Å². The first kappa shape index (κ1) is 17.2. The van der Waals surface area contributed by atoms with E-state index in [1.54, 1.807) is 30.3 Å². The molecular formula is C18H13F3N2OS. The second-order valence-electron chi connectivity index (χ2n) is 5.58. The van der Waals surface area contributed by atoms with Gasteiger partial charge in [0.2, 0.25) is 0 Å². The SMILES string of the molecule is N#Cc1ccccc1-c1ccc2c(c1)sc(=O)n2CCCC(F)(F)F. The number of benzene rings is 2. The van der Waals surface area contributed by atoms with E-state index in [1.807, 2.05) is 12.1 Å². The summed E-state index contributed by atoms with van der Waals surface area (Å²) in [5, 5.41) is 9.21. The van der Waals surface area contributed by atoms with E-state index in [-0.39, 0.29) is 17.8 Å². The molecule has 0 atom stereocenters. The van der Waals surface area contributed by atoms with Crippen LogP contribution in [0.15, 0.2) is 47.3 Å². The number of fused-ring (bicyclic) bond motifs is 1. The van der Waals surface area contributed by atoms with Gasteiger partial charge >= 0.3 is 11.0 Å². The molecule has 0 N–H and O–H groups in total. The average molecular weight is 362 g/mol. The Hall–Kier alpha value is -2.59. The third kappa shape index (κ3) is 3.74. The molecule has 3 rings (SSSR count). The monoisotopic (exact) mass is 362 g/mol. The number of halogens is 3. The lowest BCUT2D eigenvalue weighted by Gasteiger charge is -2.08. The molecule has 0 aliphatic carbocycles. The Morgan fingerprint density at radius 1 is 1.16 bits per heavy atom. The fourth-order valence-electron chi connectivity index (χ4n) is 2.72. The number of rotatable bonds is 4. The lowest BCUT2D eigenvalue weighted by molar-refractivity contribution is -0.135. The lowest BCUT2D eigenvalue weighted by Crippen LogP contribution is -2.15. The Labute approximate surface area is 145 Å². The zero-order valence-corrected chi connectivity index (χ0v) is 13.8. The minimum Gasteiger partial charge on any atom is -0.299 e. The summed E-state index contributed by atoms with van der Waals surface area (Å²) in [7, 11) is 0. The van der Waals surface area contributed by atoms with Crippen molar-refractivity contribution in [2.24, 2.45) is 0 Å². The fourth-order valence-corrected chi connectivity index (χ4v) is 3.67. The Bertz CT molecular complexity index is 1010. The Balaban J connectivity index is 1.95. The molecule has 0 aliphatic rings. The molecule has 7 heteroatoms. The molecule has 3 aromatic rings. The van der Waals surface area contributed by atoms with Crippen LogP contribution in [0.5, 0.6) is 0 Å². The minimum atomic E-state index is -4.22. The van der Waals surface area contributed by atoms with Crippen molar-refractivity contribution in [3.63, 3.8) is 0 Å². The average Bonchev–Trinajstić information content (AvgIpc) is 2.88. The maximum Gasteiger partial charge on any atom is 0.389 e. The van der Waals surface area contributed by atoms with Crippen LogP contribution in [0.1, 0.15) is 18.4 Å². The number of alkyl halides is 3. The van der Waals surface area contributed by atoms with Crippen molar-refractivity contribution in [3.8, 4) is 17.2 Å². The number of hydrogen-bond acceptors (Lipinski definition) is 3. The van der Waals surface area contributed by atoms with Gasteiger partial charge in [-0.15, -0.1) is 0 Å². The van der Waals surface area contributed by atoms with Crippen molar-refractivity contribution in [2.45, 2.75) is 25.6 Å². The summed E-state index contributed by atoms with van der Waals surface area (Å²) >= 11 is 1.00. The normalized spacial score (nSPS) is 11.6. The summed E-state index contributed by atoms with van der Waals surface area (Å²) in [5.41, 5.74) is 2.71. The number of nitrogens with zero attached hydrogens (tertiary/aromatic N) is 2. The van der Waals surface area contributed by atoms with Gasteiger partial charge in [-0.05, 0) is 35.7 Å². The van der Waals surface area contributed by atoms with Crippen LogP contribution in [-0.2, 0) is 6.54 Å². The first-order valence-electron chi connectivity index (χ1n) is 7.59. The predicted molar refractivity (Wildman–Crippen MR) is 91.5 cm³/mol. The summed E-state index contributed by atoms with van der Waals surface area (Å²) in [5.74, 6) is 0. The van der Waals surface area contributed by atoms with Crippen LogP contribution in [0, 0.1) is 11.3 Å². The van der Waals surface area contributed by atoms with Gasteiger partial charge in [-0.1, -0.05) is 35.6 Å². The first-order valence-corrected chi connectivity index (χ1v) is 8.40. The molecule has 0 saturated heterocycles. The Morgan fingerprint density at radius 2 is 1.92 bits per heavy atom. The molecule has 3 nitrogen and oxygen atoms in total. The highest BCUT2D eigenvalue weighted by molar-refractivity contribution is 7.16. The van der Waals surface area contributed by atoms with Gasteiger partial charge in [0.25, 0.3) is 0 Å². The Kier molecular flexibility index (Phi) is 4.64. The zero-order chi connectivity index (χ0) is 18.0. The van der Waals surface area contributed by atoms with Gasteiger partial charge in [0.05, 0.1) is 21.8 Å². The van der Waals surface area contributed by atoms with Gasteiger partial charge in [-0.2, -0.15) is 18.4 Å². The lowest BCUT2D eigenvalue weighted by atomic mass is 10.0. The van der Waals surface area contributed by atoms with E-state index >= 15 is 0 Å². The second kappa shape index (κ2) is 6.73. The number of thiazole rings is 1. The van der Waals surface area contributed by atoms with Crippen LogP contribution in [0.4, 0.5) is 13.2 Å². The molecule has 0 unspecified atom stereocenters. The Morgan fingerprint density at radius 3 is 2.64 bits per heavy atom. The van der Waals surface area contributed by atoms with Crippen LogP contribution < -0.4 is 4.87 Å². The number of aryl methyl sites for hydroxylation is 1. The predicted octanol–water partition coefficient (Wildman–Crippen LogP) is 4.94. The third-order valence-electron chi connectivity index (χ3n) is 3.87. The molecule has 25 heavy (non-hydrogen) atoms. The topological polar surface area (TPSA) is 45.8 Å². The van der Waals surface area contributed by atoms with E-state index in [2.05, 4.69) is 6.07 Å². The van der Waals surface area contributed by atoms with Crippen LogP contribution >= 0.6 is 11.3 Å². The molecule has 0 saturated carbocycles. The molecule has 2 aromatic carbocycles.